The molecule has 1 saturated heterocycles. The number of aliphatic imine (C=N–C) groups is 1. The molecule has 1 aliphatic rings. The standard InChI is InChI=1S/C21H30N4O2.HI/c1-22-21(23-12-11-17-8-3-4-9-19(17)26-2)24-16-18(20-10-7-15-27-20)25-13-5-6-14-25;/h3-4,7-10,15,18H,5-6,11-14,16H2,1-2H3,(H2,22,23,24);1H. The molecule has 3 rings (SSSR count). The van der Waals surface area contributed by atoms with Gasteiger partial charge in [-0.3, -0.25) is 9.89 Å². The summed E-state index contributed by atoms with van der Waals surface area (Å²) in [5.74, 6) is 2.74. The van der Waals surface area contributed by atoms with Crippen LogP contribution in [0.25, 0.3) is 0 Å². The lowest BCUT2D eigenvalue weighted by molar-refractivity contribution is 0.215. The Bertz CT molecular complexity index is 715. The number of para-hydroxylation sites is 1. The Labute approximate surface area is 184 Å². The summed E-state index contributed by atoms with van der Waals surface area (Å²) in [6.07, 6.45) is 5.13. The zero-order valence-electron chi connectivity index (χ0n) is 16.7. The molecular formula is C21H31IN4O2. The number of halogens is 1. The Morgan fingerprint density at radius 2 is 1.96 bits per heavy atom. The number of furan rings is 1. The number of hydrogen-bond acceptors (Lipinski definition) is 4. The van der Waals surface area contributed by atoms with Crippen LogP contribution in [0.2, 0.25) is 0 Å². The van der Waals surface area contributed by atoms with Crippen LogP contribution in [0, 0.1) is 0 Å². The van der Waals surface area contributed by atoms with Crippen LogP contribution in [0.5, 0.6) is 5.75 Å². The average Bonchev–Trinajstić information content (AvgIpc) is 3.42. The van der Waals surface area contributed by atoms with E-state index in [0.717, 1.165) is 50.1 Å². The average molecular weight is 498 g/mol. The summed E-state index contributed by atoms with van der Waals surface area (Å²) in [5, 5.41) is 6.85. The number of nitrogens with one attached hydrogen (secondary N) is 2. The van der Waals surface area contributed by atoms with Crippen LogP contribution in [0.1, 0.15) is 30.2 Å². The first-order valence-electron chi connectivity index (χ1n) is 9.65. The van der Waals surface area contributed by atoms with E-state index < -0.39 is 0 Å². The van der Waals surface area contributed by atoms with E-state index in [0.29, 0.717) is 0 Å². The molecule has 0 saturated carbocycles. The summed E-state index contributed by atoms with van der Waals surface area (Å²) >= 11 is 0. The molecule has 2 N–H and O–H groups in total. The summed E-state index contributed by atoms with van der Waals surface area (Å²) in [4.78, 5) is 6.84. The highest BCUT2D eigenvalue weighted by atomic mass is 127. The van der Waals surface area contributed by atoms with E-state index in [1.807, 2.05) is 24.3 Å². The predicted octanol–water partition coefficient (Wildman–Crippen LogP) is 3.45. The van der Waals surface area contributed by atoms with E-state index in [1.54, 1.807) is 20.4 Å². The molecule has 1 unspecified atom stereocenters. The van der Waals surface area contributed by atoms with Gasteiger partial charge in [-0.2, -0.15) is 0 Å². The lowest BCUT2D eigenvalue weighted by Gasteiger charge is -2.26. The Morgan fingerprint density at radius 1 is 1.18 bits per heavy atom. The van der Waals surface area contributed by atoms with Crippen LogP contribution in [-0.4, -0.2) is 51.2 Å². The van der Waals surface area contributed by atoms with Gasteiger partial charge in [0.15, 0.2) is 5.96 Å². The Hall–Kier alpha value is -1.74. The van der Waals surface area contributed by atoms with Gasteiger partial charge in [0.05, 0.1) is 19.4 Å². The second-order valence-electron chi connectivity index (χ2n) is 6.72. The molecule has 7 heteroatoms. The van der Waals surface area contributed by atoms with Gasteiger partial charge >= 0.3 is 0 Å². The van der Waals surface area contributed by atoms with Gasteiger partial charge in [-0.15, -0.1) is 24.0 Å². The number of methoxy groups -OCH3 is 1. The fourth-order valence-corrected chi connectivity index (χ4v) is 3.58. The van der Waals surface area contributed by atoms with Gasteiger partial charge < -0.3 is 19.8 Å². The van der Waals surface area contributed by atoms with E-state index in [9.17, 15) is 0 Å². The molecule has 1 aromatic carbocycles. The number of rotatable bonds is 8. The van der Waals surface area contributed by atoms with Crippen molar-refractivity contribution in [3.63, 3.8) is 0 Å². The summed E-state index contributed by atoms with van der Waals surface area (Å²) < 4.78 is 11.1. The Balaban J connectivity index is 0.00000280. The maximum absolute atomic E-state index is 5.68. The smallest absolute Gasteiger partial charge is 0.191 e. The monoisotopic (exact) mass is 498 g/mol. The number of likely N-dealkylation sites (tertiary alicyclic amines) is 1. The highest BCUT2D eigenvalue weighted by Gasteiger charge is 2.25. The van der Waals surface area contributed by atoms with Gasteiger partial charge in [0.2, 0.25) is 0 Å². The molecule has 154 valence electrons. The van der Waals surface area contributed by atoms with Crippen molar-refractivity contribution in [1.29, 1.82) is 0 Å². The third-order valence-corrected chi connectivity index (χ3v) is 5.02. The van der Waals surface area contributed by atoms with Gasteiger partial charge in [-0.05, 0) is 56.1 Å². The van der Waals surface area contributed by atoms with E-state index in [1.165, 1.54) is 18.4 Å². The molecule has 0 bridgehead atoms. The Kier molecular flexibility index (Phi) is 9.63. The molecule has 1 atom stereocenters. The predicted molar refractivity (Wildman–Crippen MR) is 124 cm³/mol. The van der Waals surface area contributed by atoms with Crippen molar-refractivity contribution >= 4 is 29.9 Å². The second kappa shape index (κ2) is 12.0. The van der Waals surface area contributed by atoms with Crippen LogP contribution in [-0.2, 0) is 6.42 Å². The molecule has 1 aromatic heterocycles. The van der Waals surface area contributed by atoms with Gasteiger partial charge in [-0.25, -0.2) is 0 Å². The van der Waals surface area contributed by atoms with Crippen molar-refractivity contribution in [1.82, 2.24) is 15.5 Å². The van der Waals surface area contributed by atoms with Crippen molar-refractivity contribution in [3.05, 3.63) is 54.0 Å². The number of benzene rings is 1. The Morgan fingerprint density at radius 3 is 2.64 bits per heavy atom. The van der Waals surface area contributed by atoms with Gasteiger partial charge in [0.1, 0.15) is 11.5 Å². The maximum atomic E-state index is 5.68. The lowest BCUT2D eigenvalue weighted by Crippen LogP contribution is -2.43. The van der Waals surface area contributed by atoms with E-state index in [-0.39, 0.29) is 30.0 Å². The first kappa shape index (κ1) is 22.5. The van der Waals surface area contributed by atoms with Crippen LogP contribution in [0.4, 0.5) is 0 Å². The molecule has 0 radical (unpaired) electrons. The molecule has 1 fully saturated rings. The van der Waals surface area contributed by atoms with E-state index in [4.69, 9.17) is 9.15 Å². The fraction of sp³-hybridized carbons (Fsp3) is 0.476. The minimum atomic E-state index is 0. The third-order valence-electron chi connectivity index (χ3n) is 5.02. The molecule has 1 aliphatic heterocycles. The third kappa shape index (κ3) is 6.13. The summed E-state index contributed by atoms with van der Waals surface area (Å²) in [5.41, 5.74) is 1.19. The van der Waals surface area contributed by atoms with Gasteiger partial charge in [0.25, 0.3) is 0 Å². The molecule has 2 heterocycles. The summed E-state index contributed by atoms with van der Waals surface area (Å²) in [6.45, 7) is 3.79. The number of nitrogens with zero attached hydrogens (tertiary/aromatic N) is 2. The molecule has 28 heavy (non-hydrogen) atoms. The number of ether oxygens (including phenoxy) is 1. The normalized spacial score (nSPS) is 15.7. The SMILES string of the molecule is CN=C(NCCc1ccccc1OC)NCC(c1ccco1)N1CCCC1.I. The maximum Gasteiger partial charge on any atom is 0.191 e. The fourth-order valence-electron chi connectivity index (χ4n) is 3.58. The van der Waals surface area contributed by atoms with Crippen molar-refractivity contribution < 1.29 is 9.15 Å². The topological polar surface area (TPSA) is 62.0 Å². The first-order valence-corrected chi connectivity index (χ1v) is 9.65. The summed E-state index contributed by atoms with van der Waals surface area (Å²) in [6, 6.07) is 12.4. The molecule has 0 spiro atoms. The quantitative estimate of drug-likeness (QED) is 0.332. The zero-order chi connectivity index (χ0) is 18.9. The largest absolute Gasteiger partial charge is 0.496 e. The van der Waals surface area contributed by atoms with Gasteiger partial charge in [0, 0.05) is 20.1 Å². The van der Waals surface area contributed by atoms with Crippen LogP contribution in [0.3, 0.4) is 0 Å². The number of guanidine groups is 1. The minimum Gasteiger partial charge on any atom is -0.496 e. The summed E-state index contributed by atoms with van der Waals surface area (Å²) in [7, 11) is 3.51. The molecule has 2 aromatic rings. The zero-order valence-corrected chi connectivity index (χ0v) is 19.0. The van der Waals surface area contributed by atoms with E-state index >= 15 is 0 Å². The lowest BCUT2D eigenvalue weighted by atomic mass is 10.1. The van der Waals surface area contributed by atoms with Crippen molar-refractivity contribution in [2.75, 3.05) is 40.3 Å². The van der Waals surface area contributed by atoms with Crippen molar-refractivity contribution in [2.45, 2.75) is 25.3 Å². The molecular weight excluding hydrogens is 467 g/mol. The van der Waals surface area contributed by atoms with Crippen LogP contribution in [0.15, 0.2) is 52.1 Å². The van der Waals surface area contributed by atoms with Crippen LogP contribution < -0.4 is 15.4 Å². The first-order chi connectivity index (χ1) is 13.3. The second-order valence-corrected chi connectivity index (χ2v) is 6.72. The molecule has 6 nitrogen and oxygen atoms in total. The molecule has 0 amide bonds. The highest BCUT2D eigenvalue weighted by molar-refractivity contribution is 14.0. The number of hydrogen-bond donors (Lipinski definition) is 2. The van der Waals surface area contributed by atoms with Gasteiger partial charge in [-0.1, -0.05) is 18.2 Å². The van der Waals surface area contributed by atoms with Crippen molar-refractivity contribution in [3.8, 4) is 5.75 Å². The van der Waals surface area contributed by atoms with Crippen LogP contribution >= 0.6 is 24.0 Å². The highest BCUT2D eigenvalue weighted by Crippen LogP contribution is 2.24. The van der Waals surface area contributed by atoms with Crippen molar-refractivity contribution in [2.24, 2.45) is 4.99 Å². The van der Waals surface area contributed by atoms with E-state index in [2.05, 4.69) is 32.7 Å². The minimum absolute atomic E-state index is 0. The molecule has 0 aliphatic carbocycles.